The molecule has 6 nitrogen and oxygen atoms in total. The van der Waals surface area contributed by atoms with Crippen LogP contribution in [0.5, 0.6) is 0 Å². The van der Waals surface area contributed by atoms with Crippen LogP contribution in [0.2, 0.25) is 0 Å². The Kier molecular flexibility index (Phi) is 5.94. The maximum absolute atomic E-state index is 12.1. The Labute approximate surface area is 183 Å². The minimum Gasteiger partial charge on any atom is -0.382 e. The lowest BCUT2D eigenvalue weighted by Crippen LogP contribution is -2.42. The fraction of sp³-hybridized carbons (Fsp3) is 0.333. The second kappa shape index (κ2) is 8.66. The molecule has 31 heavy (non-hydrogen) atoms. The second-order valence-corrected chi connectivity index (χ2v) is 10.2. The first-order chi connectivity index (χ1) is 14.9. The van der Waals surface area contributed by atoms with Gasteiger partial charge in [-0.15, -0.1) is 0 Å². The molecule has 0 spiro atoms. The smallest absolute Gasteiger partial charge is 0.213 e. The number of hydrogen-bond acceptors (Lipinski definition) is 5. The van der Waals surface area contributed by atoms with Crippen molar-refractivity contribution in [3.05, 3.63) is 59.9 Å². The SMILES string of the molecule is CCS(=O)(=O)N1CCC(Nc2cc(-c3ccc(C#N)c(C)c3)cc3ccncc23)CC1. The number of anilines is 1. The number of nitrogens with one attached hydrogen (secondary N) is 1. The van der Waals surface area contributed by atoms with E-state index in [0.717, 1.165) is 46.0 Å². The topological polar surface area (TPSA) is 86.1 Å². The lowest BCUT2D eigenvalue weighted by Gasteiger charge is -2.32. The molecule has 0 saturated carbocycles. The van der Waals surface area contributed by atoms with Crippen molar-refractivity contribution in [1.29, 1.82) is 5.26 Å². The fourth-order valence-electron chi connectivity index (χ4n) is 4.13. The Hall–Kier alpha value is -2.95. The molecule has 3 aromatic rings. The Bertz CT molecular complexity index is 1260. The first-order valence-electron chi connectivity index (χ1n) is 10.5. The van der Waals surface area contributed by atoms with Gasteiger partial charge in [0.1, 0.15) is 0 Å². The van der Waals surface area contributed by atoms with Gasteiger partial charge in [-0.2, -0.15) is 5.26 Å². The number of pyridine rings is 1. The summed E-state index contributed by atoms with van der Waals surface area (Å²) in [6, 6.07) is 14.6. The molecule has 1 fully saturated rings. The van der Waals surface area contributed by atoms with E-state index in [1.807, 2.05) is 37.4 Å². The molecule has 0 atom stereocenters. The number of aryl methyl sites for hydroxylation is 1. The van der Waals surface area contributed by atoms with E-state index in [0.29, 0.717) is 18.7 Å². The molecule has 0 unspecified atom stereocenters. The normalized spacial score (nSPS) is 15.6. The van der Waals surface area contributed by atoms with E-state index in [1.165, 1.54) is 0 Å². The zero-order valence-electron chi connectivity index (χ0n) is 17.8. The molecule has 1 saturated heterocycles. The van der Waals surface area contributed by atoms with Gasteiger partial charge in [0.05, 0.1) is 17.4 Å². The summed E-state index contributed by atoms with van der Waals surface area (Å²) in [6.07, 6.45) is 5.18. The number of fused-ring (bicyclic) bond motifs is 1. The van der Waals surface area contributed by atoms with Gasteiger partial charge in [-0.3, -0.25) is 4.98 Å². The van der Waals surface area contributed by atoms with E-state index in [4.69, 9.17) is 0 Å². The van der Waals surface area contributed by atoms with Gasteiger partial charge in [-0.1, -0.05) is 12.1 Å². The van der Waals surface area contributed by atoms with E-state index >= 15 is 0 Å². The molecule has 4 rings (SSSR count). The Morgan fingerprint density at radius 3 is 2.61 bits per heavy atom. The van der Waals surface area contributed by atoms with Gasteiger partial charge in [0.2, 0.25) is 10.0 Å². The summed E-state index contributed by atoms with van der Waals surface area (Å²) in [5, 5.41) is 15.0. The third kappa shape index (κ3) is 4.41. The number of aromatic nitrogens is 1. The minimum atomic E-state index is -3.13. The molecule has 160 valence electrons. The van der Waals surface area contributed by atoms with Crippen molar-refractivity contribution in [3.63, 3.8) is 0 Å². The molecule has 1 aromatic heterocycles. The monoisotopic (exact) mass is 434 g/mol. The molecular weight excluding hydrogens is 408 g/mol. The highest BCUT2D eigenvalue weighted by Gasteiger charge is 2.26. The van der Waals surface area contributed by atoms with E-state index in [9.17, 15) is 13.7 Å². The van der Waals surface area contributed by atoms with E-state index in [1.54, 1.807) is 17.4 Å². The summed E-state index contributed by atoms with van der Waals surface area (Å²) in [5.41, 5.74) is 4.76. The summed E-state index contributed by atoms with van der Waals surface area (Å²) in [5.74, 6) is 0.146. The summed E-state index contributed by atoms with van der Waals surface area (Å²) in [7, 11) is -3.13. The number of piperidine rings is 1. The number of nitriles is 1. The molecule has 1 aliphatic heterocycles. The van der Waals surface area contributed by atoms with Crippen LogP contribution in [0, 0.1) is 18.3 Å². The fourth-order valence-corrected chi connectivity index (χ4v) is 5.27. The van der Waals surface area contributed by atoms with Gasteiger partial charge < -0.3 is 5.32 Å². The van der Waals surface area contributed by atoms with Crippen LogP contribution in [0.15, 0.2) is 48.8 Å². The molecule has 2 aromatic carbocycles. The quantitative estimate of drug-likeness (QED) is 0.647. The molecule has 0 radical (unpaired) electrons. The molecule has 7 heteroatoms. The molecule has 0 bridgehead atoms. The average molecular weight is 435 g/mol. The van der Waals surface area contributed by atoms with Crippen LogP contribution >= 0.6 is 0 Å². The Balaban J connectivity index is 1.64. The van der Waals surface area contributed by atoms with E-state index < -0.39 is 10.0 Å². The predicted octanol–water partition coefficient (Wildman–Crippen LogP) is 4.31. The van der Waals surface area contributed by atoms with Crippen LogP contribution in [0.4, 0.5) is 5.69 Å². The van der Waals surface area contributed by atoms with Gasteiger partial charge in [0.15, 0.2) is 0 Å². The van der Waals surface area contributed by atoms with Crippen LogP contribution in [0.25, 0.3) is 21.9 Å². The average Bonchev–Trinajstić information content (AvgIpc) is 2.79. The Morgan fingerprint density at radius 2 is 1.94 bits per heavy atom. The van der Waals surface area contributed by atoms with Crippen molar-refractivity contribution < 1.29 is 8.42 Å². The third-order valence-electron chi connectivity index (χ3n) is 6.01. The molecule has 1 aliphatic rings. The van der Waals surface area contributed by atoms with E-state index in [-0.39, 0.29) is 11.8 Å². The summed E-state index contributed by atoms with van der Waals surface area (Å²) >= 11 is 0. The highest BCUT2D eigenvalue weighted by molar-refractivity contribution is 7.89. The maximum Gasteiger partial charge on any atom is 0.213 e. The number of sulfonamides is 1. The van der Waals surface area contributed by atoms with Crippen LogP contribution < -0.4 is 5.32 Å². The Morgan fingerprint density at radius 1 is 1.16 bits per heavy atom. The third-order valence-corrected chi connectivity index (χ3v) is 7.89. The molecule has 1 N–H and O–H groups in total. The number of benzene rings is 2. The highest BCUT2D eigenvalue weighted by atomic mass is 32.2. The van der Waals surface area contributed by atoms with E-state index in [2.05, 4.69) is 28.5 Å². The van der Waals surface area contributed by atoms with Crippen LogP contribution in [0.1, 0.15) is 30.9 Å². The second-order valence-electron chi connectivity index (χ2n) is 7.98. The van der Waals surface area contributed by atoms with Crippen molar-refractivity contribution in [2.24, 2.45) is 0 Å². The van der Waals surface area contributed by atoms with Gasteiger partial charge in [-0.05, 0) is 73.0 Å². The standard InChI is InChI=1S/C24H26N4O2S/c1-3-31(29,30)28-10-7-22(8-11-28)27-24-14-21(13-19-6-9-26-16-23(19)24)18-4-5-20(15-25)17(2)12-18/h4-6,9,12-14,16,22,27H,3,7-8,10-11H2,1-2H3. The number of nitrogens with zero attached hydrogens (tertiary/aromatic N) is 3. The predicted molar refractivity (Wildman–Crippen MR) is 124 cm³/mol. The van der Waals surface area contributed by atoms with Gasteiger partial charge >= 0.3 is 0 Å². The first-order valence-corrected chi connectivity index (χ1v) is 12.2. The number of rotatable bonds is 5. The highest BCUT2D eigenvalue weighted by Crippen LogP contribution is 2.33. The maximum atomic E-state index is 12.1. The summed E-state index contributed by atoms with van der Waals surface area (Å²) < 4.78 is 25.9. The largest absolute Gasteiger partial charge is 0.382 e. The van der Waals surface area contributed by atoms with Crippen molar-refractivity contribution >= 4 is 26.5 Å². The molecule has 0 aliphatic carbocycles. The van der Waals surface area contributed by atoms with Gasteiger partial charge in [-0.25, -0.2) is 12.7 Å². The lowest BCUT2D eigenvalue weighted by molar-refractivity contribution is 0.330. The molecular formula is C24H26N4O2S. The van der Waals surface area contributed by atoms with Crippen molar-refractivity contribution in [2.75, 3.05) is 24.2 Å². The van der Waals surface area contributed by atoms with Crippen LogP contribution in [0.3, 0.4) is 0 Å². The molecule has 0 amide bonds. The van der Waals surface area contributed by atoms with Gasteiger partial charge in [0.25, 0.3) is 0 Å². The first kappa shape index (κ1) is 21.3. The zero-order valence-corrected chi connectivity index (χ0v) is 18.6. The van der Waals surface area contributed by atoms with Gasteiger partial charge in [0, 0.05) is 42.6 Å². The zero-order chi connectivity index (χ0) is 22.0. The van der Waals surface area contributed by atoms with Crippen molar-refractivity contribution in [1.82, 2.24) is 9.29 Å². The minimum absolute atomic E-state index is 0.146. The number of hydrogen-bond donors (Lipinski definition) is 1. The van der Waals surface area contributed by atoms with Crippen LogP contribution in [-0.2, 0) is 10.0 Å². The summed E-state index contributed by atoms with van der Waals surface area (Å²) in [6.45, 7) is 4.72. The molecule has 2 heterocycles. The van der Waals surface area contributed by atoms with Crippen LogP contribution in [-0.4, -0.2) is 42.6 Å². The summed E-state index contributed by atoms with van der Waals surface area (Å²) in [4.78, 5) is 4.30. The van der Waals surface area contributed by atoms with Crippen molar-refractivity contribution in [2.45, 2.75) is 32.7 Å². The van der Waals surface area contributed by atoms with Crippen molar-refractivity contribution in [3.8, 4) is 17.2 Å². The lowest BCUT2D eigenvalue weighted by atomic mass is 9.97.